The molecule has 1 aromatic heterocycles. The maximum Gasteiger partial charge on any atom is 0.339 e. The van der Waals surface area contributed by atoms with E-state index in [1.807, 2.05) is 4.90 Å². The van der Waals surface area contributed by atoms with Gasteiger partial charge in [-0.05, 0) is 12.1 Å². The number of carbonyl (C=O) groups excluding carboxylic acids is 1. The van der Waals surface area contributed by atoms with Crippen LogP contribution in [-0.2, 0) is 37.4 Å². The number of methoxy groups -OCH3 is 1. The van der Waals surface area contributed by atoms with Gasteiger partial charge >= 0.3 is 5.97 Å². The summed E-state index contributed by atoms with van der Waals surface area (Å²) < 4.78 is 4.57. The standard InChI is InChI=1S/C11H14N2O2.Y/c1-4-13(5-2)10-7-6-9(8-12-10)11(14)15-3;/h6-8H,1-2,4-5H2,3H3;/q-2;. The molecule has 0 aliphatic carbocycles. The smallest absolute Gasteiger partial charge is 0.339 e. The van der Waals surface area contributed by atoms with E-state index in [4.69, 9.17) is 0 Å². The Bertz CT molecular complexity index is 323. The van der Waals surface area contributed by atoms with Gasteiger partial charge in [-0.15, -0.1) is 13.1 Å². The molecule has 1 radical (unpaired) electrons. The van der Waals surface area contributed by atoms with Crippen molar-refractivity contribution < 1.29 is 42.2 Å². The molecule has 0 aliphatic heterocycles. The number of carbonyl (C=O) groups is 1. The van der Waals surface area contributed by atoms with Crippen LogP contribution in [0.2, 0.25) is 0 Å². The topological polar surface area (TPSA) is 42.4 Å². The van der Waals surface area contributed by atoms with Gasteiger partial charge in [0.25, 0.3) is 0 Å². The molecule has 0 unspecified atom stereocenters. The quantitative estimate of drug-likeness (QED) is 0.621. The second-order valence-electron chi connectivity index (χ2n) is 2.88. The minimum atomic E-state index is -0.384. The minimum absolute atomic E-state index is 0. The van der Waals surface area contributed by atoms with Crippen molar-refractivity contribution in [1.29, 1.82) is 0 Å². The molecule has 0 N–H and O–H groups in total. The third-order valence-electron chi connectivity index (χ3n) is 2.03. The van der Waals surface area contributed by atoms with Gasteiger partial charge in [-0.1, -0.05) is 0 Å². The first kappa shape index (κ1) is 15.5. The van der Waals surface area contributed by atoms with E-state index in [0.29, 0.717) is 18.7 Å². The molecule has 1 heterocycles. The Morgan fingerprint density at radius 1 is 1.44 bits per heavy atom. The Morgan fingerprint density at radius 3 is 2.44 bits per heavy atom. The molecule has 1 rings (SSSR count). The summed E-state index contributed by atoms with van der Waals surface area (Å²) in [6.07, 6.45) is 1.49. The zero-order chi connectivity index (χ0) is 11.3. The molecule has 0 saturated heterocycles. The number of hydrogen-bond acceptors (Lipinski definition) is 4. The molecule has 0 bridgehead atoms. The molecular weight excluding hydrogens is 281 g/mol. The van der Waals surface area contributed by atoms with Gasteiger partial charge in [-0.3, -0.25) is 0 Å². The summed E-state index contributed by atoms with van der Waals surface area (Å²) in [7, 11) is 1.34. The van der Waals surface area contributed by atoms with Crippen LogP contribution in [0.5, 0.6) is 0 Å². The summed E-state index contributed by atoms with van der Waals surface area (Å²) in [5, 5.41) is 0. The third kappa shape index (κ3) is 3.83. The summed E-state index contributed by atoms with van der Waals surface area (Å²) in [4.78, 5) is 17.2. The van der Waals surface area contributed by atoms with Gasteiger partial charge in [-0.2, -0.15) is 0 Å². The molecule has 0 spiro atoms. The van der Waals surface area contributed by atoms with Crippen LogP contribution in [0.1, 0.15) is 10.4 Å². The van der Waals surface area contributed by atoms with Gasteiger partial charge in [0.1, 0.15) is 5.82 Å². The van der Waals surface area contributed by atoms with Crippen LogP contribution in [0.3, 0.4) is 0 Å². The molecule has 0 aromatic carbocycles. The largest absolute Gasteiger partial charge is 0.465 e. The van der Waals surface area contributed by atoms with Crippen molar-refractivity contribution in [2.45, 2.75) is 0 Å². The van der Waals surface area contributed by atoms with Crippen LogP contribution in [0.4, 0.5) is 5.82 Å². The summed E-state index contributed by atoms with van der Waals surface area (Å²) >= 11 is 0. The fraction of sp³-hybridized carbons (Fsp3) is 0.273. The number of esters is 1. The number of rotatable bonds is 4. The van der Waals surface area contributed by atoms with Crippen molar-refractivity contribution in [3.8, 4) is 0 Å². The summed E-state index contributed by atoms with van der Waals surface area (Å²) in [6.45, 7) is 8.71. The van der Waals surface area contributed by atoms with E-state index >= 15 is 0 Å². The molecule has 0 fully saturated rings. The Morgan fingerprint density at radius 2 is 2.06 bits per heavy atom. The first-order chi connectivity index (χ1) is 7.22. The molecule has 0 atom stereocenters. The zero-order valence-electron chi connectivity index (χ0n) is 9.35. The SMILES string of the molecule is [CH2-]CN(C[CH2-])c1ccc(C(=O)OC)cn1.[Y]. The van der Waals surface area contributed by atoms with E-state index in [1.165, 1.54) is 13.3 Å². The minimum Gasteiger partial charge on any atom is -0.465 e. The Kier molecular flexibility index (Phi) is 7.51. The van der Waals surface area contributed by atoms with Crippen LogP contribution in [-0.4, -0.2) is 31.2 Å². The second kappa shape index (κ2) is 7.74. The predicted octanol–water partition coefficient (Wildman–Crippen LogP) is 1.34. The van der Waals surface area contributed by atoms with Gasteiger partial charge in [0.15, 0.2) is 0 Å². The second-order valence-corrected chi connectivity index (χ2v) is 2.88. The number of aromatic nitrogens is 1. The number of nitrogens with zero attached hydrogens (tertiary/aromatic N) is 2. The zero-order valence-corrected chi connectivity index (χ0v) is 12.2. The van der Waals surface area contributed by atoms with E-state index in [9.17, 15) is 4.79 Å². The molecule has 4 nitrogen and oxygen atoms in total. The number of hydrogen-bond donors (Lipinski definition) is 0. The van der Waals surface area contributed by atoms with Crippen molar-refractivity contribution >= 4 is 11.8 Å². The Labute approximate surface area is 121 Å². The average molecular weight is 295 g/mol. The van der Waals surface area contributed by atoms with Crippen LogP contribution in [0.15, 0.2) is 18.3 Å². The van der Waals surface area contributed by atoms with Gasteiger partial charge in [0, 0.05) is 38.9 Å². The first-order valence-electron chi connectivity index (χ1n) is 4.60. The molecule has 85 valence electrons. The fourth-order valence-corrected chi connectivity index (χ4v) is 1.15. The Hall–Kier alpha value is -0.476. The third-order valence-corrected chi connectivity index (χ3v) is 2.03. The number of anilines is 1. The molecule has 5 heteroatoms. The van der Waals surface area contributed by atoms with Crippen LogP contribution in [0.25, 0.3) is 0 Å². The van der Waals surface area contributed by atoms with Crippen LogP contribution in [0, 0.1) is 13.8 Å². The normalized spacial score (nSPS) is 9.19. The van der Waals surface area contributed by atoms with Gasteiger partial charge in [-0.25, -0.2) is 9.78 Å². The van der Waals surface area contributed by atoms with Crippen LogP contribution < -0.4 is 4.90 Å². The van der Waals surface area contributed by atoms with E-state index < -0.39 is 0 Å². The van der Waals surface area contributed by atoms with Crippen molar-refractivity contribution in [2.75, 3.05) is 25.1 Å². The van der Waals surface area contributed by atoms with Crippen molar-refractivity contribution in [1.82, 2.24) is 4.98 Å². The molecule has 0 saturated carbocycles. The monoisotopic (exact) mass is 295 g/mol. The summed E-state index contributed by atoms with van der Waals surface area (Å²) in [5.41, 5.74) is 0.439. The van der Waals surface area contributed by atoms with Gasteiger partial charge in [0.2, 0.25) is 0 Å². The Balaban J connectivity index is 0.00000225. The fourth-order valence-electron chi connectivity index (χ4n) is 1.15. The average Bonchev–Trinajstić information content (AvgIpc) is 2.30. The van der Waals surface area contributed by atoms with Crippen molar-refractivity contribution in [3.05, 3.63) is 37.7 Å². The maximum atomic E-state index is 11.1. The van der Waals surface area contributed by atoms with E-state index in [1.54, 1.807) is 12.1 Å². The summed E-state index contributed by atoms with van der Waals surface area (Å²) in [6, 6.07) is 3.43. The number of ether oxygens (including phenoxy) is 1. The van der Waals surface area contributed by atoms with E-state index in [2.05, 4.69) is 23.6 Å². The van der Waals surface area contributed by atoms with Gasteiger partial charge in [0.05, 0.1) is 12.7 Å². The van der Waals surface area contributed by atoms with Crippen molar-refractivity contribution in [3.63, 3.8) is 0 Å². The van der Waals surface area contributed by atoms with Crippen molar-refractivity contribution in [2.24, 2.45) is 0 Å². The number of pyridine rings is 1. The maximum absolute atomic E-state index is 11.1. The van der Waals surface area contributed by atoms with Gasteiger partial charge < -0.3 is 23.5 Å². The first-order valence-corrected chi connectivity index (χ1v) is 4.60. The molecule has 16 heavy (non-hydrogen) atoms. The summed E-state index contributed by atoms with van der Waals surface area (Å²) in [5.74, 6) is 0.373. The molecular formula is C11H14N2O2Y-2. The van der Waals surface area contributed by atoms with E-state index in [-0.39, 0.29) is 38.7 Å². The van der Waals surface area contributed by atoms with Crippen LogP contribution >= 0.6 is 0 Å². The molecule has 0 aliphatic rings. The predicted molar refractivity (Wildman–Crippen MR) is 58.5 cm³/mol. The molecule has 0 amide bonds. The van der Waals surface area contributed by atoms with E-state index in [0.717, 1.165) is 5.82 Å². The molecule has 1 aromatic rings.